The quantitative estimate of drug-likeness (QED) is 0.765. The summed E-state index contributed by atoms with van der Waals surface area (Å²) in [6.07, 6.45) is 4.00. The summed E-state index contributed by atoms with van der Waals surface area (Å²) in [4.78, 5) is 19.8. The average molecular weight is 351 g/mol. The lowest BCUT2D eigenvalue weighted by molar-refractivity contribution is -0.139. The lowest BCUT2D eigenvalue weighted by Crippen LogP contribution is -2.53. The van der Waals surface area contributed by atoms with Gasteiger partial charge in [0.2, 0.25) is 0 Å². The Morgan fingerprint density at radius 2 is 2.35 bits per heavy atom. The molecule has 124 valence electrons. The lowest BCUT2D eigenvalue weighted by atomic mass is 9.85. The van der Waals surface area contributed by atoms with Gasteiger partial charge in [0.25, 0.3) is 0 Å². The van der Waals surface area contributed by atoms with Crippen LogP contribution in [0.1, 0.15) is 24.6 Å². The SMILES string of the molecule is CCN(CC(=O)O)C1CC(NCc2cnc(-c3cccs3)s2)C1. The van der Waals surface area contributed by atoms with E-state index >= 15 is 0 Å². The molecule has 0 atom stereocenters. The Bertz CT molecular complexity index is 636. The molecule has 0 bridgehead atoms. The van der Waals surface area contributed by atoms with Gasteiger partial charge < -0.3 is 10.4 Å². The first-order valence-electron chi connectivity index (χ1n) is 7.83. The Morgan fingerprint density at radius 1 is 1.52 bits per heavy atom. The van der Waals surface area contributed by atoms with Crippen molar-refractivity contribution >= 4 is 28.6 Å². The highest BCUT2D eigenvalue weighted by atomic mass is 32.1. The maximum absolute atomic E-state index is 10.8. The van der Waals surface area contributed by atoms with Crippen LogP contribution in [0.4, 0.5) is 0 Å². The topological polar surface area (TPSA) is 65.5 Å². The predicted octanol–water partition coefficient (Wildman–Crippen LogP) is 2.90. The third-order valence-corrected chi connectivity index (χ3v) is 6.26. The van der Waals surface area contributed by atoms with Gasteiger partial charge in [-0.2, -0.15) is 0 Å². The van der Waals surface area contributed by atoms with E-state index in [1.165, 1.54) is 9.75 Å². The van der Waals surface area contributed by atoms with Crippen molar-refractivity contribution in [3.8, 4) is 9.88 Å². The van der Waals surface area contributed by atoms with Crippen molar-refractivity contribution in [2.24, 2.45) is 0 Å². The van der Waals surface area contributed by atoms with Gasteiger partial charge in [-0.3, -0.25) is 9.69 Å². The van der Waals surface area contributed by atoms with Gasteiger partial charge in [-0.25, -0.2) is 4.98 Å². The molecule has 1 fully saturated rings. The minimum Gasteiger partial charge on any atom is -0.480 e. The number of likely N-dealkylation sites (N-methyl/N-ethyl adjacent to an activating group) is 1. The van der Waals surface area contributed by atoms with Gasteiger partial charge >= 0.3 is 5.97 Å². The second-order valence-corrected chi connectivity index (χ2v) is 7.83. The van der Waals surface area contributed by atoms with Gasteiger partial charge in [0.15, 0.2) is 0 Å². The van der Waals surface area contributed by atoms with E-state index in [1.807, 2.05) is 24.1 Å². The smallest absolute Gasteiger partial charge is 0.317 e. The molecule has 2 aromatic rings. The first-order chi connectivity index (χ1) is 11.2. The number of aromatic nitrogens is 1. The molecule has 2 aromatic heterocycles. The molecule has 1 aliphatic carbocycles. The maximum atomic E-state index is 10.8. The van der Waals surface area contributed by atoms with Gasteiger partial charge in [0.05, 0.1) is 11.4 Å². The van der Waals surface area contributed by atoms with Gasteiger partial charge in [-0.05, 0) is 30.8 Å². The van der Waals surface area contributed by atoms with Crippen molar-refractivity contribution in [2.45, 2.75) is 38.4 Å². The van der Waals surface area contributed by atoms with Gasteiger partial charge in [0, 0.05) is 29.7 Å². The number of carboxylic acid groups (broad SMARTS) is 1. The fourth-order valence-electron chi connectivity index (χ4n) is 2.87. The molecule has 2 N–H and O–H groups in total. The van der Waals surface area contributed by atoms with Crippen LogP contribution in [0.3, 0.4) is 0 Å². The monoisotopic (exact) mass is 351 g/mol. The second-order valence-electron chi connectivity index (χ2n) is 5.77. The highest BCUT2D eigenvalue weighted by Crippen LogP contribution is 2.30. The normalized spacial score (nSPS) is 20.6. The molecule has 5 nitrogen and oxygen atoms in total. The molecular weight excluding hydrogens is 330 g/mol. The van der Waals surface area contributed by atoms with E-state index in [0.29, 0.717) is 12.1 Å². The number of nitrogens with one attached hydrogen (secondary N) is 1. The molecule has 0 aromatic carbocycles. The van der Waals surface area contributed by atoms with E-state index in [1.54, 1.807) is 22.7 Å². The Labute approximate surface area is 144 Å². The van der Waals surface area contributed by atoms with Crippen molar-refractivity contribution < 1.29 is 9.90 Å². The van der Waals surface area contributed by atoms with Crippen LogP contribution in [0.15, 0.2) is 23.7 Å². The van der Waals surface area contributed by atoms with Gasteiger partial charge in [-0.1, -0.05) is 13.0 Å². The summed E-state index contributed by atoms with van der Waals surface area (Å²) in [6, 6.07) is 5.02. The minimum atomic E-state index is -0.742. The standard InChI is InChI=1S/C16H21N3O2S2/c1-2-19(10-15(20)21)12-6-11(7-12)17-8-13-9-18-16(23-13)14-4-3-5-22-14/h3-5,9,11-12,17H,2,6-8,10H2,1H3,(H,20,21). The third kappa shape index (κ3) is 4.17. The number of carbonyl (C=O) groups is 1. The third-order valence-electron chi connectivity index (χ3n) is 4.22. The van der Waals surface area contributed by atoms with Crippen molar-refractivity contribution in [1.29, 1.82) is 0 Å². The molecular formula is C16H21N3O2S2. The first-order valence-corrected chi connectivity index (χ1v) is 9.53. The van der Waals surface area contributed by atoms with E-state index in [2.05, 4.69) is 21.7 Å². The van der Waals surface area contributed by atoms with Gasteiger partial charge in [-0.15, -0.1) is 22.7 Å². The molecule has 2 heterocycles. The van der Waals surface area contributed by atoms with Crippen LogP contribution in [-0.2, 0) is 11.3 Å². The number of hydrogen-bond donors (Lipinski definition) is 2. The highest BCUT2D eigenvalue weighted by molar-refractivity contribution is 7.20. The van der Waals surface area contributed by atoms with Crippen LogP contribution in [-0.4, -0.2) is 46.1 Å². The molecule has 0 saturated heterocycles. The summed E-state index contributed by atoms with van der Waals surface area (Å²) in [5.74, 6) is -0.742. The minimum absolute atomic E-state index is 0.146. The largest absolute Gasteiger partial charge is 0.480 e. The zero-order valence-corrected chi connectivity index (χ0v) is 14.7. The van der Waals surface area contributed by atoms with Crippen LogP contribution in [0.5, 0.6) is 0 Å². The maximum Gasteiger partial charge on any atom is 0.317 e. The number of aliphatic carboxylic acids is 1. The summed E-state index contributed by atoms with van der Waals surface area (Å²) >= 11 is 3.45. The van der Waals surface area contributed by atoms with Crippen LogP contribution >= 0.6 is 22.7 Å². The summed E-state index contributed by atoms with van der Waals surface area (Å²) in [6.45, 7) is 3.80. The number of nitrogens with zero attached hydrogens (tertiary/aromatic N) is 2. The molecule has 1 saturated carbocycles. The van der Waals surface area contributed by atoms with E-state index < -0.39 is 5.97 Å². The van der Waals surface area contributed by atoms with Crippen molar-refractivity contribution in [3.63, 3.8) is 0 Å². The van der Waals surface area contributed by atoms with Crippen LogP contribution < -0.4 is 5.32 Å². The average Bonchev–Trinajstić information content (AvgIpc) is 3.14. The molecule has 0 radical (unpaired) electrons. The molecule has 0 spiro atoms. The first kappa shape index (κ1) is 16.6. The van der Waals surface area contributed by atoms with E-state index in [0.717, 1.165) is 30.9 Å². The fourth-order valence-corrected chi connectivity index (χ4v) is 4.54. The lowest BCUT2D eigenvalue weighted by Gasteiger charge is -2.42. The molecule has 0 aliphatic heterocycles. The number of carboxylic acids is 1. The molecule has 23 heavy (non-hydrogen) atoms. The summed E-state index contributed by atoms with van der Waals surface area (Å²) in [5, 5.41) is 15.6. The summed E-state index contributed by atoms with van der Waals surface area (Å²) in [7, 11) is 0. The molecule has 0 unspecified atom stereocenters. The van der Waals surface area contributed by atoms with Crippen LogP contribution in [0.25, 0.3) is 9.88 Å². The van der Waals surface area contributed by atoms with Crippen molar-refractivity contribution in [3.05, 3.63) is 28.6 Å². The van der Waals surface area contributed by atoms with Crippen molar-refractivity contribution in [1.82, 2.24) is 15.2 Å². The Kier molecular flexibility index (Phi) is 5.42. The van der Waals surface area contributed by atoms with E-state index in [4.69, 9.17) is 5.11 Å². The van der Waals surface area contributed by atoms with Crippen molar-refractivity contribution in [2.75, 3.05) is 13.1 Å². The summed E-state index contributed by atoms with van der Waals surface area (Å²) in [5.41, 5.74) is 0. The van der Waals surface area contributed by atoms with E-state index in [-0.39, 0.29) is 6.54 Å². The Morgan fingerprint density at radius 3 is 3.00 bits per heavy atom. The Balaban J connectivity index is 1.43. The summed E-state index contributed by atoms with van der Waals surface area (Å²) < 4.78 is 0. The number of hydrogen-bond acceptors (Lipinski definition) is 6. The zero-order valence-electron chi connectivity index (χ0n) is 13.1. The number of thiazole rings is 1. The van der Waals surface area contributed by atoms with Crippen LogP contribution in [0.2, 0.25) is 0 Å². The Hall–Kier alpha value is -1.28. The molecule has 0 amide bonds. The number of thiophene rings is 1. The fraction of sp³-hybridized carbons (Fsp3) is 0.500. The molecule has 7 heteroatoms. The zero-order chi connectivity index (χ0) is 16.2. The highest BCUT2D eigenvalue weighted by Gasteiger charge is 2.33. The predicted molar refractivity (Wildman–Crippen MR) is 94.0 cm³/mol. The van der Waals surface area contributed by atoms with Gasteiger partial charge in [0.1, 0.15) is 5.01 Å². The second kappa shape index (κ2) is 7.53. The van der Waals surface area contributed by atoms with Crippen LogP contribution in [0, 0.1) is 0 Å². The molecule has 1 aliphatic rings. The number of rotatable bonds is 8. The van der Waals surface area contributed by atoms with E-state index in [9.17, 15) is 4.79 Å². The molecule has 3 rings (SSSR count).